The number of hydrogen-bond donors (Lipinski definition) is 1. The molecule has 5 heteroatoms. The molecule has 0 heterocycles. The Morgan fingerprint density at radius 1 is 1.36 bits per heavy atom. The van der Waals surface area contributed by atoms with Crippen LogP contribution >= 0.6 is 0 Å². The van der Waals surface area contributed by atoms with Crippen molar-refractivity contribution >= 4 is 5.91 Å². The minimum Gasteiger partial charge on any atom is -0.497 e. The highest BCUT2D eigenvalue weighted by atomic mass is 19.1. The van der Waals surface area contributed by atoms with Crippen molar-refractivity contribution in [3.8, 4) is 12.3 Å². The first kappa shape index (κ1) is 30.0. The van der Waals surface area contributed by atoms with Gasteiger partial charge < -0.3 is 14.8 Å². The first-order valence-electron chi connectivity index (χ1n) is 9.30. The van der Waals surface area contributed by atoms with Crippen LogP contribution in [-0.4, -0.2) is 26.2 Å². The Kier molecular flexibility index (Phi) is 26.0. The highest BCUT2D eigenvalue weighted by Crippen LogP contribution is 2.08. The Hall–Kier alpha value is -2.74. The molecule has 0 fully saturated rings. The monoisotopic (exact) mass is 393 g/mol. The third-order valence-electron chi connectivity index (χ3n) is 2.81. The fourth-order valence-corrected chi connectivity index (χ4v) is 1.51. The molecule has 0 aromatic rings. The lowest BCUT2D eigenvalue weighted by Gasteiger charge is -2.04. The summed E-state index contributed by atoms with van der Waals surface area (Å²) >= 11 is 0. The number of terminal acetylenes is 1. The normalized spacial score (nSPS) is 11.3. The standard InChI is InChI=1S/C18H26FNO3.C3H4.C2H6/c1-5-15(12-16(19)6-2)13-23-14-18(21)20-11-9-8-10-17(7-3)22-4;1-3-2;1-2/h6-8,10,12-13H,2,5,9,11,14H2,1,3-4H3,(H,20,21);1H,2H3;1-2H3/b10-8-,15-13+,16-12+,17-7+;;. The van der Waals surface area contributed by atoms with E-state index in [1.807, 2.05) is 45.9 Å². The number of halogens is 1. The molecular formula is C23H36FNO3. The maximum Gasteiger partial charge on any atom is 0.257 e. The van der Waals surface area contributed by atoms with E-state index in [9.17, 15) is 9.18 Å². The molecule has 0 saturated carbocycles. The van der Waals surface area contributed by atoms with Crippen LogP contribution in [0.3, 0.4) is 0 Å². The van der Waals surface area contributed by atoms with E-state index >= 15 is 0 Å². The first-order chi connectivity index (χ1) is 13.5. The molecule has 0 unspecified atom stereocenters. The molecule has 1 N–H and O–H groups in total. The van der Waals surface area contributed by atoms with Crippen LogP contribution in [0, 0.1) is 12.3 Å². The van der Waals surface area contributed by atoms with E-state index in [1.54, 1.807) is 14.0 Å². The second-order valence-corrected chi connectivity index (χ2v) is 4.82. The van der Waals surface area contributed by atoms with Gasteiger partial charge in [-0.2, -0.15) is 0 Å². The van der Waals surface area contributed by atoms with Crippen molar-refractivity contribution in [2.45, 2.75) is 47.5 Å². The second kappa shape index (κ2) is 24.3. The zero-order valence-corrected chi connectivity index (χ0v) is 18.2. The van der Waals surface area contributed by atoms with Gasteiger partial charge in [-0.1, -0.05) is 33.4 Å². The molecule has 0 aliphatic carbocycles. The summed E-state index contributed by atoms with van der Waals surface area (Å²) in [6, 6.07) is 0. The first-order valence-corrected chi connectivity index (χ1v) is 9.30. The molecule has 28 heavy (non-hydrogen) atoms. The van der Waals surface area contributed by atoms with Crippen LogP contribution < -0.4 is 5.32 Å². The lowest BCUT2D eigenvalue weighted by molar-refractivity contribution is -0.123. The topological polar surface area (TPSA) is 47.6 Å². The maximum absolute atomic E-state index is 13.1. The van der Waals surface area contributed by atoms with Gasteiger partial charge in [0.25, 0.3) is 5.91 Å². The second-order valence-electron chi connectivity index (χ2n) is 4.82. The third-order valence-corrected chi connectivity index (χ3v) is 2.81. The van der Waals surface area contributed by atoms with Gasteiger partial charge in [-0.15, -0.1) is 12.3 Å². The van der Waals surface area contributed by atoms with Crippen molar-refractivity contribution in [2.24, 2.45) is 0 Å². The highest BCUT2D eigenvalue weighted by Gasteiger charge is 2.00. The molecule has 0 radical (unpaired) electrons. The fraction of sp³-hybridized carbons (Fsp3) is 0.435. The van der Waals surface area contributed by atoms with Crippen LogP contribution in [0.1, 0.15) is 47.5 Å². The van der Waals surface area contributed by atoms with E-state index in [2.05, 4.69) is 24.2 Å². The number of amides is 1. The number of nitrogens with one attached hydrogen (secondary N) is 1. The molecule has 0 atom stereocenters. The molecule has 0 aromatic heterocycles. The van der Waals surface area contributed by atoms with E-state index in [-0.39, 0.29) is 12.5 Å². The molecule has 0 saturated heterocycles. The SMILES string of the molecule is C#CC.C=C/C(F)=C\C(=C\OCC(=O)NCC/C=C\C(=C/C)OC)CC.CC. The Morgan fingerprint density at radius 2 is 1.96 bits per heavy atom. The van der Waals surface area contributed by atoms with E-state index < -0.39 is 5.83 Å². The summed E-state index contributed by atoms with van der Waals surface area (Å²) in [7, 11) is 1.60. The van der Waals surface area contributed by atoms with Gasteiger partial charge in [0.1, 0.15) is 11.6 Å². The van der Waals surface area contributed by atoms with Crippen molar-refractivity contribution in [2.75, 3.05) is 20.3 Å². The summed E-state index contributed by atoms with van der Waals surface area (Å²) in [6.07, 6.45) is 15.3. The molecule has 0 aliphatic rings. The Balaban J connectivity index is -0.00000113. The minimum atomic E-state index is -0.436. The molecule has 0 rings (SSSR count). The average molecular weight is 394 g/mol. The molecule has 158 valence electrons. The smallest absolute Gasteiger partial charge is 0.257 e. The lowest BCUT2D eigenvalue weighted by atomic mass is 10.2. The van der Waals surface area contributed by atoms with Crippen LogP contribution in [0.4, 0.5) is 4.39 Å². The van der Waals surface area contributed by atoms with E-state index in [4.69, 9.17) is 9.47 Å². The van der Waals surface area contributed by atoms with Gasteiger partial charge >= 0.3 is 0 Å². The predicted molar refractivity (Wildman–Crippen MR) is 117 cm³/mol. The summed E-state index contributed by atoms with van der Waals surface area (Å²) in [5.41, 5.74) is 0.650. The average Bonchev–Trinajstić information content (AvgIpc) is 2.71. The summed E-state index contributed by atoms with van der Waals surface area (Å²) in [5, 5.41) is 2.73. The summed E-state index contributed by atoms with van der Waals surface area (Å²) < 4.78 is 23.3. The lowest BCUT2D eigenvalue weighted by Crippen LogP contribution is -2.27. The molecule has 0 spiro atoms. The minimum absolute atomic E-state index is 0.102. The van der Waals surface area contributed by atoms with E-state index in [0.717, 1.165) is 11.8 Å². The molecule has 1 amide bonds. The van der Waals surface area contributed by atoms with Crippen molar-refractivity contribution in [1.29, 1.82) is 0 Å². The Labute approximate surface area is 170 Å². The predicted octanol–water partition coefficient (Wildman–Crippen LogP) is 5.61. The van der Waals surface area contributed by atoms with Crippen LogP contribution in [0.15, 0.2) is 60.4 Å². The Bertz CT molecular complexity index is 567. The largest absolute Gasteiger partial charge is 0.497 e. The van der Waals surface area contributed by atoms with Crippen LogP contribution in [0.25, 0.3) is 0 Å². The summed E-state index contributed by atoms with van der Waals surface area (Å²) in [4.78, 5) is 11.6. The highest BCUT2D eigenvalue weighted by molar-refractivity contribution is 5.77. The number of carbonyl (C=O) groups is 1. The van der Waals surface area contributed by atoms with Crippen molar-refractivity contribution < 1.29 is 18.7 Å². The number of carbonyl (C=O) groups excluding carboxylic acids is 1. The number of hydrogen-bond acceptors (Lipinski definition) is 3. The zero-order chi connectivity index (χ0) is 22.2. The Morgan fingerprint density at radius 3 is 2.43 bits per heavy atom. The molecule has 4 nitrogen and oxygen atoms in total. The number of methoxy groups -OCH3 is 1. The van der Waals surface area contributed by atoms with Gasteiger partial charge in [-0.05, 0) is 56.6 Å². The fourth-order valence-electron chi connectivity index (χ4n) is 1.51. The number of allylic oxidation sites excluding steroid dienone is 6. The van der Waals surface area contributed by atoms with Crippen LogP contribution in [0.5, 0.6) is 0 Å². The van der Waals surface area contributed by atoms with Crippen LogP contribution in [0.2, 0.25) is 0 Å². The van der Waals surface area contributed by atoms with Crippen molar-refractivity contribution in [3.63, 3.8) is 0 Å². The maximum atomic E-state index is 13.1. The van der Waals surface area contributed by atoms with Gasteiger partial charge in [0.2, 0.25) is 0 Å². The van der Waals surface area contributed by atoms with Gasteiger partial charge in [-0.3, -0.25) is 4.79 Å². The van der Waals surface area contributed by atoms with Crippen molar-refractivity contribution in [3.05, 3.63) is 60.4 Å². The van der Waals surface area contributed by atoms with Gasteiger partial charge in [0.15, 0.2) is 6.61 Å². The van der Waals surface area contributed by atoms with Crippen molar-refractivity contribution in [1.82, 2.24) is 5.32 Å². The molecular weight excluding hydrogens is 357 g/mol. The molecule has 0 aliphatic heterocycles. The number of ether oxygens (including phenoxy) is 2. The summed E-state index contributed by atoms with van der Waals surface area (Å²) in [6.45, 7) is 13.1. The molecule has 0 aromatic carbocycles. The van der Waals surface area contributed by atoms with Gasteiger partial charge in [0, 0.05) is 6.54 Å². The van der Waals surface area contributed by atoms with E-state index in [0.29, 0.717) is 25.0 Å². The quantitative estimate of drug-likeness (QED) is 0.215. The summed E-state index contributed by atoms with van der Waals surface area (Å²) in [5.74, 6) is 2.36. The van der Waals surface area contributed by atoms with E-state index in [1.165, 1.54) is 12.3 Å². The third kappa shape index (κ3) is 21.3. The van der Waals surface area contributed by atoms with Gasteiger partial charge in [0.05, 0.1) is 13.4 Å². The van der Waals surface area contributed by atoms with Gasteiger partial charge in [-0.25, -0.2) is 4.39 Å². The van der Waals surface area contributed by atoms with Crippen LogP contribution in [-0.2, 0) is 14.3 Å². The molecule has 0 bridgehead atoms. The zero-order valence-electron chi connectivity index (χ0n) is 18.2. The number of rotatable bonds is 11.